The number of carbonyl (C=O) groups excluding carboxylic acids is 2. The summed E-state index contributed by atoms with van der Waals surface area (Å²) in [6.45, 7) is 5.47. The van der Waals surface area contributed by atoms with Gasteiger partial charge in [0.2, 0.25) is 11.8 Å². The Morgan fingerprint density at radius 1 is 1.32 bits per heavy atom. The Morgan fingerprint density at radius 2 is 2.16 bits per heavy atom. The summed E-state index contributed by atoms with van der Waals surface area (Å²) in [4.78, 5) is 38.7. The highest BCUT2D eigenvalue weighted by atomic mass is 16.5. The van der Waals surface area contributed by atoms with Crippen LogP contribution in [0.5, 0.6) is 0 Å². The lowest BCUT2D eigenvalue weighted by Gasteiger charge is -2.27. The molecule has 0 aliphatic carbocycles. The predicted molar refractivity (Wildman–Crippen MR) is 114 cm³/mol. The van der Waals surface area contributed by atoms with Gasteiger partial charge in [-0.1, -0.05) is 35.9 Å². The molecule has 2 saturated heterocycles. The highest BCUT2D eigenvalue weighted by Gasteiger charge is 2.67. The van der Waals surface area contributed by atoms with E-state index in [-0.39, 0.29) is 17.9 Å². The smallest absolute Gasteiger partial charge is 0.230 e. The number of benzene rings is 1. The molecule has 3 aliphatic heterocycles. The third-order valence-corrected chi connectivity index (χ3v) is 6.72. The molecule has 4 atom stereocenters. The summed E-state index contributed by atoms with van der Waals surface area (Å²) >= 11 is 0. The van der Waals surface area contributed by atoms with E-state index in [1.54, 1.807) is 30.5 Å². The molecule has 31 heavy (non-hydrogen) atoms. The summed E-state index contributed by atoms with van der Waals surface area (Å²) in [5.74, 6) is -1.08. The van der Waals surface area contributed by atoms with Crippen LogP contribution >= 0.6 is 0 Å². The van der Waals surface area contributed by atoms with Crippen molar-refractivity contribution in [1.29, 1.82) is 0 Å². The Balaban J connectivity index is 1.37. The minimum absolute atomic E-state index is 0.000918. The number of hydrogen-bond donors (Lipinski definition) is 0. The molecule has 7 heteroatoms. The van der Waals surface area contributed by atoms with Crippen LogP contribution in [-0.2, 0) is 27.4 Å². The molecule has 160 valence electrons. The first kappa shape index (κ1) is 19.9. The maximum atomic E-state index is 13.5. The predicted octanol–water partition coefficient (Wildman–Crippen LogP) is 2.03. The van der Waals surface area contributed by atoms with Gasteiger partial charge in [-0.2, -0.15) is 0 Å². The molecule has 3 aliphatic rings. The van der Waals surface area contributed by atoms with Crippen molar-refractivity contribution in [3.63, 3.8) is 0 Å². The minimum Gasteiger partial charge on any atom is -0.360 e. The summed E-state index contributed by atoms with van der Waals surface area (Å²) in [7, 11) is 1.74. The van der Waals surface area contributed by atoms with E-state index in [1.807, 2.05) is 17.1 Å². The number of nitrogens with zero attached hydrogens (tertiary/aromatic N) is 4. The van der Waals surface area contributed by atoms with Gasteiger partial charge in [-0.3, -0.25) is 19.6 Å². The van der Waals surface area contributed by atoms with Gasteiger partial charge in [0.05, 0.1) is 42.9 Å². The first-order valence-corrected chi connectivity index (χ1v) is 10.6. The Labute approximate surface area is 181 Å². The summed E-state index contributed by atoms with van der Waals surface area (Å²) in [6.07, 6.45) is 8.45. The average molecular weight is 418 g/mol. The van der Waals surface area contributed by atoms with Gasteiger partial charge in [0.15, 0.2) is 0 Å². The number of carbonyl (C=O) groups is 2. The Bertz CT molecular complexity index is 1070. The van der Waals surface area contributed by atoms with Gasteiger partial charge in [-0.25, -0.2) is 0 Å². The van der Waals surface area contributed by atoms with Crippen molar-refractivity contribution in [2.75, 3.05) is 13.6 Å². The number of aryl methyl sites for hydroxylation is 2. The molecule has 5 rings (SSSR count). The lowest BCUT2D eigenvalue weighted by atomic mass is 9.76. The topological polar surface area (TPSA) is 75.6 Å². The summed E-state index contributed by atoms with van der Waals surface area (Å²) in [5.41, 5.74) is 3.46. The maximum Gasteiger partial charge on any atom is 0.230 e. The van der Waals surface area contributed by atoms with Gasteiger partial charge < -0.3 is 14.5 Å². The Morgan fingerprint density at radius 3 is 2.94 bits per heavy atom. The van der Waals surface area contributed by atoms with E-state index in [2.05, 4.69) is 42.0 Å². The molecule has 1 spiro atoms. The Kier molecular flexibility index (Phi) is 4.66. The number of aromatic nitrogens is 2. The number of likely N-dealkylation sites (tertiary alicyclic amines) is 1. The quantitative estimate of drug-likeness (QED) is 0.695. The first-order valence-electron chi connectivity index (χ1n) is 10.6. The molecule has 2 unspecified atom stereocenters. The Hall–Kier alpha value is -3.06. The molecule has 2 bridgehead atoms. The van der Waals surface area contributed by atoms with Crippen LogP contribution in [0.2, 0.25) is 0 Å². The van der Waals surface area contributed by atoms with E-state index in [1.165, 1.54) is 5.56 Å². The SMILES string of the molecule is Cc1ccc(C)c(CN2C[C@]34C=C[C@H](O3)C(C(=O)N(C)Cc3cnccn3)C4C2=O)c1. The molecule has 0 N–H and O–H groups in total. The van der Waals surface area contributed by atoms with Crippen LogP contribution in [0.15, 0.2) is 48.9 Å². The molecule has 2 aromatic rings. The fraction of sp³-hybridized carbons (Fsp3) is 0.417. The fourth-order valence-electron chi connectivity index (χ4n) is 5.16. The van der Waals surface area contributed by atoms with E-state index >= 15 is 0 Å². The largest absolute Gasteiger partial charge is 0.360 e. The van der Waals surface area contributed by atoms with E-state index in [0.717, 1.165) is 11.1 Å². The van der Waals surface area contributed by atoms with Crippen LogP contribution < -0.4 is 0 Å². The minimum atomic E-state index is -0.701. The highest BCUT2D eigenvalue weighted by molar-refractivity contribution is 5.93. The van der Waals surface area contributed by atoms with E-state index < -0.39 is 17.4 Å². The van der Waals surface area contributed by atoms with Gasteiger partial charge in [-0.15, -0.1) is 0 Å². The first-order chi connectivity index (χ1) is 14.9. The third kappa shape index (κ3) is 3.24. The number of fused-ring (bicyclic) bond motifs is 1. The van der Waals surface area contributed by atoms with Crippen molar-refractivity contribution in [1.82, 2.24) is 19.8 Å². The van der Waals surface area contributed by atoms with E-state index in [9.17, 15) is 9.59 Å². The second kappa shape index (κ2) is 7.27. The molecule has 1 aromatic heterocycles. The standard InChI is InChI=1S/C24H26N4O3/c1-15-4-5-16(2)17(10-15)12-28-14-24-7-6-19(31-24)20(21(24)23(28)30)22(29)27(3)13-18-11-25-8-9-26-18/h4-11,19-21H,12-14H2,1-3H3/t19-,20?,21?,24-/m0/s1. The highest BCUT2D eigenvalue weighted by Crippen LogP contribution is 2.52. The van der Waals surface area contributed by atoms with Crippen LogP contribution in [0.25, 0.3) is 0 Å². The van der Waals surface area contributed by atoms with Crippen LogP contribution in [0.1, 0.15) is 22.4 Å². The second-order valence-corrected chi connectivity index (χ2v) is 8.92. The van der Waals surface area contributed by atoms with Crippen LogP contribution in [0, 0.1) is 25.7 Å². The van der Waals surface area contributed by atoms with E-state index in [4.69, 9.17) is 4.74 Å². The van der Waals surface area contributed by atoms with Gasteiger partial charge in [0.1, 0.15) is 5.60 Å². The molecular formula is C24H26N4O3. The normalized spacial score (nSPS) is 28.3. The van der Waals surface area contributed by atoms with E-state index in [0.29, 0.717) is 25.3 Å². The van der Waals surface area contributed by atoms with Gasteiger partial charge >= 0.3 is 0 Å². The van der Waals surface area contributed by atoms with Gasteiger partial charge in [-0.05, 0) is 25.0 Å². The van der Waals surface area contributed by atoms with Crippen LogP contribution in [-0.4, -0.2) is 56.9 Å². The second-order valence-electron chi connectivity index (χ2n) is 8.92. The molecule has 2 amide bonds. The van der Waals surface area contributed by atoms with Crippen molar-refractivity contribution < 1.29 is 14.3 Å². The summed E-state index contributed by atoms with van der Waals surface area (Å²) in [6, 6.07) is 6.28. The molecule has 1 aromatic carbocycles. The van der Waals surface area contributed by atoms with Crippen molar-refractivity contribution in [3.8, 4) is 0 Å². The van der Waals surface area contributed by atoms with Gasteiger partial charge in [0, 0.05) is 26.0 Å². The zero-order valence-corrected chi connectivity index (χ0v) is 18.0. The summed E-state index contributed by atoms with van der Waals surface area (Å²) < 4.78 is 6.26. The number of amides is 2. The number of rotatable bonds is 5. The zero-order valence-electron chi connectivity index (χ0n) is 18.0. The van der Waals surface area contributed by atoms with Crippen LogP contribution in [0.3, 0.4) is 0 Å². The monoisotopic (exact) mass is 418 g/mol. The molecule has 7 nitrogen and oxygen atoms in total. The zero-order chi connectivity index (χ0) is 21.8. The molecule has 4 heterocycles. The van der Waals surface area contributed by atoms with Crippen molar-refractivity contribution in [3.05, 3.63) is 71.3 Å². The van der Waals surface area contributed by atoms with Crippen LogP contribution in [0.4, 0.5) is 0 Å². The summed E-state index contributed by atoms with van der Waals surface area (Å²) in [5, 5.41) is 0. The molecule has 0 radical (unpaired) electrons. The number of hydrogen-bond acceptors (Lipinski definition) is 5. The lowest BCUT2D eigenvalue weighted by molar-refractivity contribution is -0.143. The third-order valence-electron chi connectivity index (χ3n) is 6.72. The maximum absolute atomic E-state index is 13.5. The average Bonchev–Trinajstić information content (AvgIpc) is 3.39. The van der Waals surface area contributed by atoms with Crippen molar-refractivity contribution in [2.45, 2.75) is 38.6 Å². The van der Waals surface area contributed by atoms with Gasteiger partial charge in [0.25, 0.3) is 0 Å². The molecule has 2 fully saturated rings. The lowest BCUT2D eigenvalue weighted by Crippen LogP contribution is -2.44. The molecular weight excluding hydrogens is 392 g/mol. The number of ether oxygens (including phenoxy) is 1. The fourth-order valence-corrected chi connectivity index (χ4v) is 5.16. The van der Waals surface area contributed by atoms with Crippen molar-refractivity contribution in [2.24, 2.45) is 11.8 Å². The molecule has 0 saturated carbocycles. The van der Waals surface area contributed by atoms with Crippen molar-refractivity contribution >= 4 is 11.8 Å².